The third kappa shape index (κ3) is 2.14. The highest BCUT2D eigenvalue weighted by Gasteiger charge is 2.20. The number of hydrogen-bond donors (Lipinski definition) is 1. The van der Waals surface area contributed by atoms with Crippen molar-refractivity contribution in [2.75, 3.05) is 0 Å². The van der Waals surface area contributed by atoms with Crippen LogP contribution in [-0.4, -0.2) is 21.5 Å². The number of carbonyl (C=O) groups is 1. The number of carbonyl (C=O) groups excluding carboxylic acids is 1. The van der Waals surface area contributed by atoms with E-state index in [1.54, 1.807) is 0 Å². The average Bonchev–Trinajstić information content (AvgIpc) is 2.87. The first kappa shape index (κ1) is 11.0. The van der Waals surface area contributed by atoms with Crippen molar-refractivity contribution in [1.29, 1.82) is 0 Å². The molecular weight excluding hydrogens is 226 g/mol. The molecule has 2 aromatic rings. The molecule has 18 heavy (non-hydrogen) atoms. The fourth-order valence-electron chi connectivity index (χ4n) is 2.33. The SMILES string of the molecule is O=C(NC1CCn2ccnc2C1)c1ccccc1. The molecule has 1 aromatic carbocycles. The Kier molecular flexibility index (Phi) is 2.84. The average molecular weight is 241 g/mol. The van der Waals surface area contributed by atoms with Crippen LogP contribution in [-0.2, 0) is 13.0 Å². The number of nitrogens with zero attached hydrogens (tertiary/aromatic N) is 2. The van der Waals surface area contributed by atoms with Crippen molar-refractivity contribution in [3.63, 3.8) is 0 Å². The molecule has 4 heteroatoms. The van der Waals surface area contributed by atoms with Gasteiger partial charge in [0.15, 0.2) is 0 Å². The fraction of sp³-hybridized carbons (Fsp3) is 0.286. The van der Waals surface area contributed by atoms with E-state index in [9.17, 15) is 4.79 Å². The van der Waals surface area contributed by atoms with E-state index in [0.29, 0.717) is 5.56 Å². The van der Waals surface area contributed by atoms with E-state index >= 15 is 0 Å². The van der Waals surface area contributed by atoms with Crippen molar-refractivity contribution in [1.82, 2.24) is 14.9 Å². The van der Waals surface area contributed by atoms with Gasteiger partial charge in [0.1, 0.15) is 5.82 Å². The van der Waals surface area contributed by atoms with Gasteiger partial charge in [-0.2, -0.15) is 0 Å². The molecule has 1 aliphatic heterocycles. The van der Waals surface area contributed by atoms with E-state index in [1.807, 2.05) is 42.7 Å². The maximum Gasteiger partial charge on any atom is 0.251 e. The van der Waals surface area contributed by atoms with Gasteiger partial charge in [0.25, 0.3) is 5.91 Å². The van der Waals surface area contributed by atoms with Gasteiger partial charge in [-0.25, -0.2) is 4.98 Å². The topological polar surface area (TPSA) is 46.9 Å². The van der Waals surface area contributed by atoms with Crippen LogP contribution in [0.25, 0.3) is 0 Å². The van der Waals surface area contributed by atoms with Crippen molar-refractivity contribution >= 4 is 5.91 Å². The molecule has 0 radical (unpaired) electrons. The standard InChI is InChI=1S/C14H15N3O/c18-14(11-4-2-1-3-5-11)16-12-6-8-17-9-7-15-13(17)10-12/h1-5,7,9,12H,6,8,10H2,(H,16,18). The van der Waals surface area contributed by atoms with E-state index in [1.165, 1.54) is 0 Å². The molecule has 1 N–H and O–H groups in total. The lowest BCUT2D eigenvalue weighted by Gasteiger charge is -2.24. The maximum absolute atomic E-state index is 12.0. The molecular formula is C14H15N3O. The number of imidazole rings is 1. The smallest absolute Gasteiger partial charge is 0.251 e. The molecule has 3 rings (SSSR count). The van der Waals surface area contributed by atoms with Gasteiger partial charge in [-0.1, -0.05) is 18.2 Å². The quantitative estimate of drug-likeness (QED) is 0.868. The number of benzene rings is 1. The summed E-state index contributed by atoms with van der Waals surface area (Å²) in [5.74, 6) is 1.06. The molecule has 1 atom stereocenters. The van der Waals surface area contributed by atoms with Gasteiger partial charge in [-0.15, -0.1) is 0 Å². The number of aryl methyl sites for hydroxylation is 1. The summed E-state index contributed by atoms with van der Waals surface area (Å²) in [5, 5.41) is 3.07. The number of aromatic nitrogens is 2. The molecule has 4 nitrogen and oxygen atoms in total. The van der Waals surface area contributed by atoms with E-state index < -0.39 is 0 Å². The summed E-state index contributed by atoms with van der Waals surface area (Å²) in [6, 6.07) is 9.52. The van der Waals surface area contributed by atoms with Crippen LogP contribution in [0.5, 0.6) is 0 Å². The Hall–Kier alpha value is -2.10. The Morgan fingerprint density at radius 3 is 3.00 bits per heavy atom. The van der Waals surface area contributed by atoms with Gasteiger partial charge >= 0.3 is 0 Å². The highest BCUT2D eigenvalue weighted by molar-refractivity contribution is 5.94. The molecule has 0 aliphatic carbocycles. The third-order valence-electron chi connectivity index (χ3n) is 3.32. The molecule has 0 saturated carbocycles. The number of hydrogen-bond acceptors (Lipinski definition) is 2. The highest BCUT2D eigenvalue weighted by atomic mass is 16.1. The van der Waals surface area contributed by atoms with Crippen molar-refractivity contribution < 1.29 is 4.79 Å². The zero-order valence-corrected chi connectivity index (χ0v) is 10.0. The van der Waals surface area contributed by atoms with Gasteiger partial charge in [0, 0.05) is 37.0 Å². The second-order valence-electron chi connectivity index (χ2n) is 4.57. The number of fused-ring (bicyclic) bond motifs is 1. The minimum Gasteiger partial charge on any atom is -0.349 e. The van der Waals surface area contributed by atoms with Crippen LogP contribution in [0.4, 0.5) is 0 Å². The Balaban J connectivity index is 1.67. The van der Waals surface area contributed by atoms with Crippen LogP contribution in [0.15, 0.2) is 42.7 Å². The lowest BCUT2D eigenvalue weighted by molar-refractivity contribution is 0.0930. The molecule has 2 heterocycles. The van der Waals surface area contributed by atoms with Crippen LogP contribution in [0.2, 0.25) is 0 Å². The van der Waals surface area contributed by atoms with Crippen molar-refractivity contribution in [3.05, 3.63) is 54.1 Å². The second-order valence-corrected chi connectivity index (χ2v) is 4.57. The van der Waals surface area contributed by atoms with Gasteiger partial charge in [-0.3, -0.25) is 4.79 Å². The van der Waals surface area contributed by atoms with Gasteiger partial charge in [0.2, 0.25) is 0 Å². The molecule has 1 aliphatic rings. The number of nitrogens with one attached hydrogen (secondary N) is 1. The summed E-state index contributed by atoms with van der Waals surface area (Å²) < 4.78 is 2.14. The minimum absolute atomic E-state index is 0.000561. The summed E-state index contributed by atoms with van der Waals surface area (Å²) in [5.41, 5.74) is 0.714. The molecule has 1 unspecified atom stereocenters. The van der Waals surface area contributed by atoms with E-state index in [-0.39, 0.29) is 11.9 Å². The zero-order valence-electron chi connectivity index (χ0n) is 10.0. The maximum atomic E-state index is 12.0. The molecule has 1 amide bonds. The Morgan fingerprint density at radius 1 is 1.33 bits per heavy atom. The molecule has 0 fully saturated rings. The van der Waals surface area contributed by atoms with Crippen LogP contribution < -0.4 is 5.32 Å². The number of rotatable bonds is 2. The molecule has 92 valence electrons. The summed E-state index contributed by atoms with van der Waals surface area (Å²) in [6.45, 7) is 0.926. The first-order valence-electron chi connectivity index (χ1n) is 6.19. The van der Waals surface area contributed by atoms with E-state index in [0.717, 1.165) is 25.2 Å². The second kappa shape index (κ2) is 4.64. The predicted molar refractivity (Wildman–Crippen MR) is 68.2 cm³/mol. The molecule has 0 bridgehead atoms. The first-order valence-corrected chi connectivity index (χ1v) is 6.19. The van der Waals surface area contributed by atoms with Crippen molar-refractivity contribution in [2.24, 2.45) is 0 Å². The van der Waals surface area contributed by atoms with E-state index in [4.69, 9.17) is 0 Å². The molecule has 1 aromatic heterocycles. The van der Waals surface area contributed by atoms with Gasteiger partial charge < -0.3 is 9.88 Å². The minimum atomic E-state index is 0.000561. The summed E-state index contributed by atoms with van der Waals surface area (Å²) in [7, 11) is 0. The summed E-state index contributed by atoms with van der Waals surface area (Å²) >= 11 is 0. The summed E-state index contributed by atoms with van der Waals surface area (Å²) in [4.78, 5) is 16.3. The first-order chi connectivity index (χ1) is 8.83. The Morgan fingerprint density at radius 2 is 2.17 bits per heavy atom. The van der Waals surface area contributed by atoms with Crippen molar-refractivity contribution in [2.45, 2.75) is 25.4 Å². The largest absolute Gasteiger partial charge is 0.349 e. The lowest BCUT2D eigenvalue weighted by atomic mass is 10.1. The monoisotopic (exact) mass is 241 g/mol. The fourth-order valence-corrected chi connectivity index (χ4v) is 2.33. The zero-order chi connectivity index (χ0) is 12.4. The predicted octanol–water partition coefficient (Wildman–Crippen LogP) is 1.63. The highest BCUT2D eigenvalue weighted by Crippen LogP contribution is 2.13. The van der Waals surface area contributed by atoms with Crippen LogP contribution >= 0.6 is 0 Å². The van der Waals surface area contributed by atoms with Crippen LogP contribution in [0.3, 0.4) is 0 Å². The summed E-state index contributed by atoms with van der Waals surface area (Å²) in [6.07, 6.45) is 5.58. The normalized spacial score (nSPS) is 18.1. The van der Waals surface area contributed by atoms with Gasteiger partial charge in [0.05, 0.1) is 0 Å². The molecule has 0 saturated heterocycles. The van der Waals surface area contributed by atoms with E-state index in [2.05, 4.69) is 14.9 Å². The Labute approximate surface area is 106 Å². The Bertz CT molecular complexity index is 547. The molecule has 0 spiro atoms. The number of amides is 1. The van der Waals surface area contributed by atoms with Crippen LogP contribution in [0.1, 0.15) is 22.6 Å². The lowest BCUT2D eigenvalue weighted by Crippen LogP contribution is -2.40. The third-order valence-corrected chi connectivity index (χ3v) is 3.32. The van der Waals surface area contributed by atoms with Crippen molar-refractivity contribution in [3.8, 4) is 0 Å². The van der Waals surface area contributed by atoms with Crippen LogP contribution in [0, 0.1) is 0 Å². The van der Waals surface area contributed by atoms with Gasteiger partial charge in [-0.05, 0) is 18.6 Å².